The number of rotatable bonds is 5. The van der Waals surface area contributed by atoms with E-state index in [4.69, 9.17) is 22.1 Å². The van der Waals surface area contributed by atoms with Crippen LogP contribution in [0.1, 0.15) is 35.1 Å². The Hall–Kier alpha value is -2.15. The van der Waals surface area contributed by atoms with Crippen molar-refractivity contribution >= 4 is 17.5 Å². The molecule has 20 heavy (non-hydrogen) atoms. The van der Waals surface area contributed by atoms with Crippen molar-refractivity contribution in [3.63, 3.8) is 0 Å². The number of halogens is 1. The highest BCUT2D eigenvalue weighted by Crippen LogP contribution is 2.34. The molecule has 1 heterocycles. The summed E-state index contributed by atoms with van der Waals surface area (Å²) in [7, 11) is 0. The van der Waals surface area contributed by atoms with Crippen molar-refractivity contribution in [1.29, 1.82) is 0 Å². The van der Waals surface area contributed by atoms with Crippen molar-refractivity contribution in [3.05, 3.63) is 34.6 Å². The highest BCUT2D eigenvalue weighted by molar-refractivity contribution is 6.31. The number of nitrogens with two attached hydrogens (primary N) is 1. The minimum Gasteiger partial charge on any atom is -0.485 e. The SMILES string of the molecule is NC(=O)c1cc(Cl)ccc1OCc1nnnn1C1CC1. The second-order valence-corrected chi connectivity index (χ2v) is 5.00. The van der Waals surface area contributed by atoms with Gasteiger partial charge in [-0.05, 0) is 41.5 Å². The number of benzene rings is 1. The molecule has 1 aliphatic carbocycles. The smallest absolute Gasteiger partial charge is 0.252 e. The van der Waals surface area contributed by atoms with Crippen LogP contribution in [0.3, 0.4) is 0 Å². The van der Waals surface area contributed by atoms with Gasteiger partial charge in [-0.1, -0.05) is 11.6 Å². The van der Waals surface area contributed by atoms with Gasteiger partial charge < -0.3 is 10.5 Å². The fraction of sp³-hybridized carbons (Fsp3) is 0.333. The lowest BCUT2D eigenvalue weighted by Crippen LogP contribution is -2.14. The highest BCUT2D eigenvalue weighted by Gasteiger charge is 2.27. The number of hydrogen-bond donors (Lipinski definition) is 1. The van der Waals surface area contributed by atoms with Crippen LogP contribution >= 0.6 is 11.6 Å². The fourth-order valence-corrected chi connectivity index (χ4v) is 2.05. The van der Waals surface area contributed by atoms with Crippen LogP contribution < -0.4 is 10.5 Å². The first-order valence-corrected chi connectivity index (χ1v) is 6.52. The van der Waals surface area contributed by atoms with Gasteiger partial charge in [0.2, 0.25) is 0 Å². The predicted octanol–water partition coefficient (Wildman–Crippen LogP) is 1.34. The van der Waals surface area contributed by atoms with E-state index in [0.29, 0.717) is 22.6 Å². The van der Waals surface area contributed by atoms with Gasteiger partial charge in [0.25, 0.3) is 5.91 Å². The molecule has 0 spiro atoms. The first kappa shape index (κ1) is 12.9. The Bertz CT molecular complexity index is 653. The van der Waals surface area contributed by atoms with E-state index in [1.807, 2.05) is 0 Å². The van der Waals surface area contributed by atoms with Gasteiger partial charge in [-0.15, -0.1) is 5.10 Å². The number of carbonyl (C=O) groups excluding carboxylic acids is 1. The van der Waals surface area contributed by atoms with E-state index in [-0.39, 0.29) is 12.2 Å². The van der Waals surface area contributed by atoms with Crippen LogP contribution in [0.5, 0.6) is 5.75 Å². The zero-order valence-corrected chi connectivity index (χ0v) is 11.2. The Labute approximate surface area is 119 Å². The molecule has 2 N–H and O–H groups in total. The minimum atomic E-state index is -0.593. The zero-order chi connectivity index (χ0) is 14.1. The normalized spacial score (nSPS) is 14.2. The number of ether oxygens (including phenoxy) is 1. The maximum Gasteiger partial charge on any atom is 0.252 e. The summed E-state index contributed by atoms with van der Waals surface area (Å²) < 4.78 is 7.34. The maximum atomic E-state index is 11.4. The van der Waals surface area contributed by atoms with E-state index in [0.717, 1.165) is 12.8 Å². The molecule has 0 aliphatic heterocycles. The third-order valence-electron chi connectivity index (χ3n) is 3.02. The Morgan fingerprint density at radius 2 is 2.30 bits per heavy atom. The lowest BCUT2D eigenvalue weighted by Gasteiger charge is -2.09. The van der Waals surface area contributed by atoms with Gasteiger partial charge in [-0.3, -0.25) is 4.79 Å². The Morgan fingerprint density at radius 3 is 3.00 bits per heavy atom. The number of tetrazole rings is 1. The molecule has 2 aromatic rings. The summed E-state index contributed by atoms with van der Waals surface area (Å²) in [5, 5.41) is 11.9. The van der Waals surface area contributed by atoms with Crippen molar-refractivity contribution in [3.8, 4) is 5.75 Å². The molecule has 3 rings (SSSR count). The summed E-state index contributed by atoms with van der Waals surface area (Å²) in [5.41, 5.74) is 5.54. The lowest BCUT2D eigenvalue weighted by molar-refractivity contribution is 0.0995. The average molecular weight is 294 g/mol. The maximum absolute atomic E-state index is 11.4. The largest absolute Gasteiger partial charge is 0.485 e. The standard InChI is InChI=1S/C12H12ClN5O2/c13-7-1-4-10(9(5-7)12(14)19)20-6-11-15-16-17-18(11)8-2-3-8/h1,4-5,8H,2-3,6H2,(H2,14,19). The summed E-state index contributed by atoms with van der Waals surface area (Å²) in [4.78, 5) is 11.4. The molecule has 0 saturated heterocycles. The molecule has 7 nitrogen and oxygen atoms in total. The minimum absolute atomic E-state index is 0.172. The topological polar surface area (TPSA) is 95.9 Å². The molecule has 0 radical (unpaired) electrons. The van der Waals surface area contributed by atoms with Gasteiger partial charge in [0.05, 0.1) is 11.6 Å². The van der Waals surface area contributed by atoms with Crippen LogP contribution in [0.2, 0.25) is 5.02 Å². The molecule has 1 aliphatic rings. The van der Waals surface area contributed by atoms with E-state index >= 15 is 0 Å². The second kappa shape index (κ2) is 5.09. The number of primary amides is 1. The van der Waals surface area contributed by atoms with Crippen molar-refractivity contribution in [2.45, 2.75) is 25.5 Å². The first-order valence-electron chi connectivity index (χ1n) is 6.14. The molecule has 1 aromatic heterocycles. The summed E-state index contributed by atoms with van der Waals surface area (Å²) in [6.07, 6.45) is 2.15. The summed E-state index contributed by atoms with van der Waals surface area (Å²) in [6.45, 7) is 0.172. The predicted molar refractivity (Wildman–Crippen MR) is 70.4 cm³/mol. The van der Waals surface area contributed by atoms with Crippen molar-refractivity contribution in [1.82, 2.24) is 20.2 Å². The van der Waals surface area contributed by atoms with Gasteiger partial charge in [-0.2, -0.15) is 0 Å². The second-order valence-electron chi connectivity index (χ2n) is 4.56. The molecule has 0 atom stereocenters. The van der Waals surface area contributed by atoms with Crippen molar-refractivity contribution in [2.24, 2.45) is 5.73 Å². The molecular formula is C12H12ClN5O2. The molecule has 1 saturated carbocycles. The van der Waals surface area contributed by atoms with Crippen LogP contribution in [0, 0.1) is 0 Å². The van der Waals surface area contributed by atoms with Crippen LogP contribution in [-0.2, 0) is 6.61 Å². The molecule has 1 aromatic carbocycles. The zero-order valence-electron chi connectivity index (χ0n) is 10.5. The van der Waals surface area contributed by atoms with Gasteiger partial charge in [-0.25, -0.2) is 4.68 Å². The van der Waals surface area contributed by atoms with Crippen LogP contribution in [-0.4, -0.2) is 26.1 Å². The Kier molecular flexibility index (Phi) is 3.27. The van der Waals surface area contributed by atoms with E-state index in [9.17, 15) is 4.79 Å². The Balaban J connectivity index is 1.78. The van der Waals surface area contributed by atoms with Gasteiger partial charge in [0, 0.05) is 5.02 Å². The summed E-state index contributed by atoms with van der Waals surface area (Å²) >= 11 is 5.84. The third kappa shape index (κ3) is 2.57. The molecule has 0 unspecified atom stereocenters. The quantitative estimate of drug-likeness (QED) is 0.897. The van der Waals surface area contributed by atoms with E-state index in [2.05, 4.69) is 15.5 Å². The van der Waals surface area contributed by atoms with Crippen molar-refractivity contribution in [2.75, 3.05) is 0 Å². The van der Waals surface area contributed by atoms with Crippen LogP contribution in [0.25, 0.3) is 0 Å². The van der Waals surface area contributed by atoms with E-state index < -0.39 is 5.91 Å². The molecule has 1 fully saturated rings. The van der Waals surface area contributed by atoms with Gasteiger partial charge >= 0.3 is 0 Å². The molecular weight excluding hydrogens is 282 g/mol. The van der Waals surface area contributed by atoms with E-state index in [1.54, 1.807) is 16.8 Å². The fourth-order valence-electron chi connectivity index (χ4n) is 1.87. The number of hydrogen-bond acceptors (Lipinski definition) is 5. The first-order chi connectivity index (χ1) is 9.65. The molecule has 8 heteroatoms. The molecule has 104 valence electrons. The summed E-state index contributed by atoms with van der Waals surface area (Å²) in [6, 6.07) is 5.08. The number of aromatic nitrogens is 4. The number of carbonyl (C=O) groups is 1. The highest BCUT2D eigenvalue weighted by atomic mass is 35.5. The van der Waals surface area contributed by atoms with Crippen molar-refractivity contribution < 1.29 is 9.53 Å². The number of amides is 1. The Morgan fingerprint density at radius 1 is 1.50 bits per heavy atom. The molecule has 1 amide bonds. The van der Waals surface area contributed by atoms with Crippen LogP contribution in [0.15, 0.2) is 18.2 Å². The monoisotopic (exact) mass is 293 g/mol. The van der Waals surface area contributed by atoms with Gasteiger partial charge in [0.15, 0.2) is 5.82 Å². The average Bonchev–Trinajstić information content (AvgIpc) is 3.16. The summed E-state index contributed by atoms with van der Waals surface area (Å²) in [5.74, 6) is 0.398. The lowest BCUT2D eigenvalue weighted by atomic mass is 10.2. The third-order valence-corrected chi connectivity index (χ3v) is 3.25. The number of nitrogens with zero attached hydrogens (tertiary/aromatic N) is 4. The van der Waals surface area contributed by atoms with Gasteiger partial charge in [0.1, 0.15) is 12.4 Å². The van der Waals surface area contributed by atoms with Crippen LogP contribution in [0.4, 0.5) is 0 Å². The molecule has 0 bridgehead atoms. The van der Waals surface area contributed by atoms with E-state index in [1.165, 1.54) is 6.07 Å².